The molecule has 1 unspecified atom stereocenters. The second-order valence-electron chi connectivity index (χ2n) is 3.73. The van der Waals surface area contributed by atoms with E-state index in [9.17, 15) is 0 Å². The molecule has 0 aliphatic carbocycles. The molecule has 0 fully saturated rings. The summed E-state index contributed by atoms with van der Waals surface area (Å²) < 4.78 is 0. The molecule has 1 aromatic rings. The van der Waals surface area contributed by atoms with Crippen molar-refractivity contribution >= 4 is 0 Å². The van der Waals surface area contributed by atoms with Crippen LogP contribution in [-0.4, -0.2) is 16.0 Å². The standard InChI is InChI=1S/C10H17N3/c1-7(2)9-4-5-12-10(13-9)6-8(3)11/h4-5,7-8H,6,11H2,1-3H3. The third-order valence-corrected chi connectivity index (χ3v) is 1.82. The highest BCUT2D eigenvalue weighted by Gasteiger charge is 2.04. The topological polar surface area (TPSA) is 51.8 Å². The molecule has 13 heavy (non-hydrogen) atoms. The fourth-order valence-corrected chi connectivity index (χ4v) is 1.12. The minimum Gasteiger partial charge on any atom is -0.328 e. The van der Waals surface area contributed by atoms with E-state index in [2.05, 4.69) is 23.8 Å². The summed E-state index contributed by atoms with van der Waals surface area (Å²) in [6, 6.07) is 2.08. The Balaban J connectivity index is 2.79. The lowest BCUT2D eigenvalue weighted by molar-refractivity contribution is 0.686. The van der Waals surface area contributed by atoms with Crippen LogP contribution in [0, 0.1) is 0 Å². The van der Waals surface area contributed by atoms with Gasteiger partial charge in [0, 0.05) is 24.4 Å². The zero-order valence-electron chi connectivity index (χ0n) is 8.49. The van der Waals surface area contributed by atoms with Gasteiger partial charge >= 0.3 is 0 Å². The van der Waals surface area contributed by atoms with E-state index in [0.717, 1.165) is 17.9 Å². The summed E-state index contributed by atoms with van der Waals surface area (Å²) in [6.45, 7) is 6.21. The minimum absolute atomic E-state index is 0.127. The maximum Gasteiger partial charge on any atom is 0.130 e. The first-order valence-corrected chi connectivity index (χ1v) is 4.67. The van der Waals surface area contributed by atoms with Gasteiger partial charge in [-0.2, -0.15) is 0 Å². The van der Waals surface area contributed by atoms with Crippen LogP contribution in [0.3, 0.4) is 0 Å². The second kappa shape index (κ2) is 4.33. The molecule has 0 aliphatic heterocycles. The van der Waals surface area contributed by atoms with Crippen LogP contribution in [0.15, 0.2) is 12.3 Å². The van der Waals surface area contributed by atoms with Crippen molar-refractivity contribution in [3.05, 3.63) is 23.8 Å². The van der Waals surface area contributed by atoms with E-state index >= 15 is 0 Å². The summed E-state index contributed by atoms with van der Waals surface area (Å²) in [5.41, 5.74) is 6.76. The molecule has 0 bridgehead atoms. The van der Waals surface area contributed by atoms with Crippen molar-refractivity contribution in [3.8, 4) is 0 Å². The first kappa shape index (κ1) is 10.1. The molecule has 72 valence electrons. The Hall–Kier alpha value is -0.960. The monoisotopic (exact) mass is 179 g/mol. The second-order valence-corrected chi connectivity index (χ2v) is 3.73. The van der Waals surface area contributed by atoms with E-state index in [1.165, 1.54) is 0 Å². The van der Waals surface area contributed by atoms with Gasteiger partial charge in [0.2, 0.25) is 0 Å². The van der Waals surface area contributed by atoms with Crippen LogP contribution in [0.1, 0.15) is 38.2 Å². The molecule has 0 aliphatic rings. The normalized spacial score (nSPS) is 13.3. The molecule has 2 N–H and O–H groups in total. The summed E-state index contributed by atoms with van der Waals surface area (Å²) in [7, 11) is 0. The Morgan fingerprint density at radius 3 is 2.62 bits per heavy atom. The van der Waals surface area contributed by atoms with Crippen molar-refractivity contribution in [1.29, 1.82) is 0 Å². The van der Waals surface area contributed by atoms with Crippen LogP contribution in [-0.2, 0) is 6.42 Å². The highest BCUT2D eigenvalue weighted by Crippen LogP contribution is 2.10. The van der Waals surface area contributed by atoms with Gasteiger partial charge in [0.25, 0.3) is 0 Å². The van der Waals surface area contributed by atoms with Gasteiger partial charge in [-0.1, -0.05) is 13.8 Å². The van der Waals surface area contributed by atoms with Crippen LogP contribution in [0.25, 0.3) is 0 Å². The van der Waals surface area contributed by atoms with Crippen LogP contribution >= 0.6 is 0 Å². The van der Waals surface area contributed by atoms with Crippen molar-refractivity contribution in [2.24, 2.45) is 5.73 Å². The predicted octanol–water partition coefficient (Wildman–Crippen LogP) is 1.49. The molecule has 1 aromatic heterocycles. The number of nitrogens with two attached hydrogens (primary N) is 1. The average molecular weight is 179 g/mol. The Morgan fingerprint density at radius 1 is 1.38 bits per heavy atom. The molecule has 1 rings (SSSR count). The lowest BCUT2D eigenvalue weighted by Gasteiger charge is -2.07. The smallest absolute Gasteiger partial charge is 0.130 e. The summed E-state index contributed by atoms with van der Waals surface area (Å²) in [5.74, 6) is 1.30. The van der Waals surface area contributed by atoms with Gasteiger partial charge in [0.15, 0.2) is 0 Å². The Kier molecular flexibility index (Phi) is 3.37. The van der Waals surface area contributed by atoms with Crippen molar-refractivity contribution in [1.82, 2.24) is 9.97 Å². The zero-order valence-corrected chi connectivity index (χ0v) is 8.49. The maximum absolute atomic E-state index is 5.67. The largest absolute Gasteiger partial charge is 0.328 e. The van der Waals surface area contributed by atoms with E-state index < -0.39 is 0 Å². The van der Waals surface area contributed by atoms with Crippen molar-refractivity contribution in [3.63, 3.8) is 0 Å². The Labute approximate surface area is 79.4 Å². The highest BCUT2D eigenvalue weighted by atomic mass is 14.9. The molecule has 1 atom stereocenters. The molecule has 0 saturated heterocycles. The number of hydrogen-bond acceptors (Lipinski definition) is 3. The van der Waals surface area contributed by atoms with Crippen molar-refractivity contribution in [2.45, 2.75) is 39.2 Å². The van der Waals surface area contributed by atoms with E-state index in [-0.39, 0.29) is 6.04 Å². The minimum atomic E-state index is 0.127. The molecule has 3 nitrogen and oxygen atoms in total. The lowest BCUT2D eigenvalue weighted by atomic mass is 10.1. The molecule has 0 spiro atoms. The molecule has 0 saturated carbocycles. The third-order valence-electron chi connectivity index (χ3n) is 1.82. The quantitative estimate of drug-likeness (QED) is 0.764. The van der Waals surface area contributed by atoms with E-state index in [4.69, 9.17) is 5.73 Å². The molecular weight excluding hydrogens is 162 g/mol. The van der Waals surface area contributed by atoms with Crippen LogP contribution in [0.4, 0.5) is 0 Å². The first-order valence-electron chi connectivity index (χ1n) is 4.67. The van der Waals surface area contributed by atoms with Crippen LogP contribution in [0.2, 0.25) is 0 Å². The number of hydrogen-bond donors (Lipinski definition) is 1. The highest BCUT2D eigenvalue weighted by molar-refractivity contribution is 5.06. The van der Waals surface area contributed by atoms with Crippen molar-refractivity contribution in [2.75, 3.05) is 0 Å². The summed E-state index contributed by atoms with van der Waals surface area (Å²) >= 11 is 0. The maximum atomic E-state index is 5.67. The van der Waals surface area contributed by atoms with E-state index in [1.807, 2.05) is 13.0 Å². The van der Waals surface area contributed by atoms with E-state index in [0.29, 0.717) is 5.92 Å². The van der Waals surface area contributed by atoms with Crippen molar-refractivity contribution < 1.29 is 0 Å². The Morgan fingerprint density at radius 2 is 2.08 bits per heavy atom. The fourth-order valence-electron chi connectivity index (χ4n) is 1.12. The Bertz CT molecular complexity index is 269. The number of nitrogens with zero attached hydrogens (tertiary/aromatic N) is 2. The van der Waals surface area contributed by atoms with Crippen LogP contribution < -0.4 is 5.73 Å². The number of aromatic nitrogens is 2. The average Bonchev–Trinajstić information content (AvgIpc) is 2.03. The number of rotatable bonds is 3. The van der Waals surface area contributed by atoms with Gasteiger partial charge in [-0.3, -0.25) is 0 Å². The van der Waals surface area contributed by atoms with Gasteiger partial charge in [-0.05, 0) is 18.9 Å². The van der Waals surface area contributed by atoms with E-state index in [1.54, 1.807) is 6.20 Å². The SMILES string of the molecule is CC(N)Cc1nccc(C(C)C)n1. The molecule has 0 radical (unpaired) electrons. The molecule has 1 heterocycles. The lowest BCUT2D eigenvalue weighted by Crippen LogP contribution is -2.19. The third kappa shape index (κ3) is 3.11. The van der Waals surface area contributed by atoms with Gasteiger partial charge < -0.3 is 5.73 Å². The first-order chi connectivity index (χ1) is 6.09. The molecular formula is C10H17N3. The molecule has 0 amide bonds. The van der Waals surface area contributed by atoms with Gasteiger partial charge in [0.05, 0.1) is 0 Å². The predicted molar refractivity (Wildman–Crippen MR) is 53.5 cm³/mol. The van der Waals surface area contributed by atoms with Gasteiger partial charge in [-0.15, -0.1) is 0 Å². The fraction of sp³-hybridized carbons (Fsp3) is 0.600. The summed E-state index contributed by atoms with van der Waals surface area (Å²) in [6.07, 6.45) is 2.56. The van der Waals surface area contributed by atoms with Gasteiger partial charge in [-0.25, -0.2) is 9.97 Å². The molecule has 0 aromatic carbocycles. The van der Waals surface area contributed by atoms with Crippen LogP contribution in [0.5, 0.6) is 0 Å². The molecule has 3 heteroatoms. The zero-order chi connectivity index (χ0) is 9.84. The summed E-state index contributed by atoms with van der Waals surface area (Å²) in [4.78, 5) is 8.59. The van der Waals surface area contributed by atoms with Gasteiger partial charge in [0.1, 0.15) is 5.82 Å². The summed E-state index contributed by atoms with van der Waals surface area (Å²) in [5, 5.41) is 0.